The summed E-state index contributed by atoms with van der Waals surface area (Å²) in [6.07, 6.45) is 17.1. The van der Waals surface area contributed by atoms with Crippen LogP contribution in [-0.4, -0.2) is 3.26 Å². The van der Waals surface area contributed by atoms with Gasteiger partial charge in [-0.1, -0.05) is 0 Å². The molecule has 43 heavy (non-hydrogen) atoms. The quantitative estimate of drug-likeness (QED) is 0.184. The molecule has 218 valence electrons. The molecule has 3 aliphatic rings. The predicted molar refractivity (Wildman–Crippen MR) is 186 cm³/mol. The fraction of sp³-hybridized carbons (Fsp3) is 0.310. The van der Waals surface area contributed by atoms with E-state index in [9.17, 15) is 0 Å². The van der Waals surface area contributed by atoms with Crippen LogP contribution in [0.1, 0.15) is 84.0 Å². The summed E-state index contributed by atoms with van der Waals surface area (Å²) in [6, 6.07) is 27.9. The standard InChI is InChI=1S/2C17H15.C6H10.2CH3.Hf/c2*1-12-6-3-9-15(13(12)2)17-11-5-8-14-7-4-10-16(14)17;1-2-4-6-5-3-1;;;/h2*3-11H,1-2H3;1-5H2;2*1H3;. The molecule has 1 fully saturated rings. The summed E-state index contributed by atoms with van der Waals surface area (Å²) >= 11 is -3.97. The van der Waals surface area contributed by atoms with Crippen molar-refractivity contribution in [2.45, 2.75) is 76.5 Å². The van der Waals surface area contributed by atoms with Gasteiger partial charge in [0.2, 0.25) is 0 Å². The van der Waals surface area contributed by atoms with E-state index in [1.807, 2.05) is 3.26 Å². The van der Waals surface area contributed by atoms with Crippen LogP contribution in [0.25, 0.3) is 34.4 Å². The Kier molecular flexibility index (Phi) is 7.13. The summed E-state index contributed by atoms with van der Waals surface area (Å²) in [4.78, 5) is 0. The summed E-state index contributed by atoms with van der Waals surface area (Å²) in [5.74, 6) is 0. The normalized spacial score (nSPS) is 19.6. The summed E-state index contributed by atoms with van der Waals surface area (Å²) in [5.41, 5.74) is 17.2. The number of benzene rings is 4. The first-order valence-electron chi connectivity index (χ1n) is 16.5. The third-order valence-electron chi connectivity index (χ3n) is 12.1. The molecule has 0 nitrogen and oxygen atoms in total. The number of rotatable bonds is 4. The van der Waals surface area contributed by atoms with Crippen LogP contribution in [0.5, 0.6) is 0 Å². The van der Waals surface area contributed by atoms with Crippen LogP contribution in [0, 0.1) is 27.7 Å². The average molecular weight is 729 g/mol. The van der Waals surface area contributed by atoms with Crippen LogP contribution in [0.15, 0.2) is 84.9 Å². The molecular weight excluding hydrogens is 683 g/mol. The minimum atomic E-state index is -3.97. The molecule has 1 saturated carbocycles. The van der Waals surface area contributed by atoms with Crippen LogP contribution >= 0.6 is 0 Å². The summed E-state index contributed by atoms with van der Waals surface area (Å²) in [5, 5.41) is 0. The van der Waals surface area contributed by atoms with Crippen molar-refractivity contribution >= 4 is 15.4 Å². The monoisotopic (exact) mass is 730 g/mol. The second-order valence-corrected chi connectivity index (χ2v) is 40.3. The van der Waals surface area contributed by atoms with Gasteiger partial charge in [0, 0.05) is 0 Å². The SMILES string of the molecule is Cc1cccc(-c2cccc3c2C=C[CH]3[Hf]([CH3])([CH3])(=[C]2CCCCC2)[CH]2C=Cc3c(-c4cccc(C)c4C)cccc32)c1C. The first-order valence-corrected chi connectivity index (χ1v) is 29.6. The van der Waals surface area contributed by atoms with Gasteiger partial charge in [-0.3, -0.25) is 0 Å². The van der Waals surface area contributed by atoms with Gasteiger partial charge in [-0.2, -0.15) is 0 Å². The van der Waals surface area contributed by atoms with E-state index in [-0.39, 0.29) is 0 Å². The maximum absolute atomic E-state index is 3.97. The van der Waals surface area contributed by atoms with Crippen molar-refractivity contribution in [3.8, 4) is 22.3 Å². The van der Waals surface area contributed by atoms with Gasteiger partial charge in [-0.05, 0) is 0 Å². The molecule has 0 amide bonds. The number of aryl methyl sites for hydroxylation is 2. The number of fused-ring (bicyclic) bond motifs is 2. The van der Waals surface area contributed by atoms with E-state index >= 15 is 0 Å². The van der Waals surface area contributed by atoms with Gasteiger partial charge >= 0.3 is 262 Å². The maximum atomic E-state index is 2.85. The molecule has 0 heterocycles. The van der Waals surface area contributed by atoms with Crippen molar-refractivity contribution in [2.24, 2.45) is 0 Å². The molecule has 4 aromatic carbocycles. The summed E-state index contributed by atoms with van der Waals surface area (Å²) < 4.78 is 8.72. The van der Waals surface area contributed by atoms with Crippen molar-refractivity contribution in [1.82, 2.24) is 0 Å². The third-order valence-corrected chi connectivity index (χ3v) is 39.3. The van der Waals surface area contributed by atoms with Crippen molar-refractivity contribution in [1.29, 1.82) is 0 Å². The van der Waals surface area contributed by atoms with Gasteiger partial charge in [-0.15, -0.1) is 0 Å². The fourth-order valence-electron chi connectivity index (χ4n) is 9.18. The average Bonchev–Trinajstić information content (AvgIpc) is 3.67. The Morgan fingerprint density at radius 3 is 1.40 bits per heavy atom. The second-order valence-electron chi connectivity index (χ2n) is 14.6. The van der Waals surface area contributed by atoms with Crippen LogP contribution in [0.2, 0.25) is 9.36 Å². The molecule has 0 spiro atoms. The van der Waals surface area contributed by atoms with E-state index in [1.165, 1.54) is 87.7 Å². The predicted octanol–water partition coefficient (Wildman–Crippen LogP) is 12.0. The van der Waals surface area contributed by atoms with Crippen LogP contribution in [0.4, 0.5) is 0 Å². The Labute approximate surface area is 260 Å². The van der Waals surface area contributed by atoms with E-state index in [2.05, 4.69) is 134 Å². The third kappa shape index (κ3) is 4.36. The first-order chi connectivity index (χ1) is 20.7. The molecule has 0 radical (unpaired) electrons. The molecule has 0 bridgehead atoms. The molecular formula is C42H46Hf. The summed E-state index contributed by atoms with van der Waals surface area (Å²) in [7, 11) is 0. The molecule has 0 N–H and O–H groups in total. The molecule has 0 aromatic heterocycles. The van der Waals surface area contributed by atoms with Crippen LogP contribution in [0.3, 0.4) is 0 Å². The van der Waals surface area contributed by atoms with Crippen molar-refractivity contribution in [2.75, 3.05) is 0 Å². The number of hydrogen-bond donors (Lipinski definition) is 0. The molecule has 2 unspecified atom stereocenters. The number of allylic oxidation sites excluding steroid dienone is 2. The molecule has 1 heteroatoms. The second kappa shape index (κ2) is 10.6. The molecule has 2 atom stereocenters. The van der Waals surface area contributed by atoms with Gasteiger partial charge < -0.3 is 0 Å². The minimum absolute atomic E-state index is 0.523. The van der Waals surface area contributed by atoms with Crippen molar-refractivity contribution in [3.63, 3.8) is 0 Å². The van der Waals surface area contributed by atoms with E-state index in [1.54, 1.807) is 11.1 Å². The van der Waals surface area contributed by atoms with E-state index in [0.29, 0.717) is 7.35 Å². The van der Waals surface area contributed by atoms with Crippen LogP contribution in [-0.2, 0) is 18.0 Å². The Morgan fingerprint density at radius 2 is 0.930 bits per heavy atom. The molecule has 0 saturated heterocycles. The van der Waals surface area contributed by atoms with Gasteiger partial charge in [0.15, 0.2) is 0 Å². The van der Waals surface area contributed by atoms with Gasteiger partial charge in [-0.25, -0.2) is 0 Å². The first kappa shape index (κ1) is 28.8. The Balaban J connectivity index is 1.44. The van der Waals surface area contributed by atoms with E-state index < -0.39 is 18.0 Å². The van der Waals surface area contributed by atoms with Crippen molar-refractivity contribution < 1.29 is 18.0 Å². The summed E-state index contributed by atoms with van der Waals surface area (Å²) in [6.45, 7) is 9.06. The molecule has 0 aliphatic heterocycles. The topological polar surface area (TPSA) is 0 Å². The van der Waals surface area contributed by atoms with Gasteiger partial charge in [0.25, 0.3) is 0 Å². The van der Waals surface area contributed by atoms with Crippen LogP contribution < -0.4 is 0 Å². The van der Waals surface area contributed by atoms with Gasteiger partial charge in [0.1, 0.15) is 0 Å². The Morgan fingerprint density at radius 1 is 0.512 bits per heavy atom. The van der Waals surface area contributed by atoms with E-state index in [0.717, 1.165) is 0 Å². The molecule has 7 rings (SSSR count). The number of hydrogen-bond acceptors (Lipinski definition) is 0. The Hall–Kier alpha value is -2.90. The van der Waals surface area contributed by atoms with Crippen molar-refractivity contribution in [3.05, 3.63) is 129 Å². The zero-order valence-electron chi connectivity index (χ0n) is 26.9. The Bertz CT molecular complexity index is 1770. The zero-order valence-corrected chi connectivity index (χ0v) is 30.5. The molecule has 3 aliphatic carbocycles. The molecule has 4 aromatic rings. The van der Waals surface area contributed by atoms with Gasteiger partial charge in [0.05, 0.1) is 0 Å². The zero-order chi connectivity index (χ0) is 30.0. The fourth-order valence-corrected chi connectivity index (χ4v) is 34.3. The van der Waals surface area contributed by atoms with E-state index in [4.69, 9.17) is 0 Å².